The molecule has 1 aromatic heterocycles. The third-order valence-electron chi connectivity index (χ3n) is 4.49. The van der Waals surface area contributed by atoms with E-state index in [4.69, 9.17) is 11.6 Å². The van der Waals surface area contributed by atoms with Crippen molar-refractivity contribution in [1.82, 2.24) is 14.5 Å². The molecule has 3 rings (SSSR count). The number of nitrogens with zero attached hydrogens (tertiary/aromatic N) is 3. The SMILES string of the molecule is C=CCn1c(S[C@H](C)C(=O)N2CCCCC2)nc2ccc(Cl)cc2c1=O. The van der Waals surface area contributed by atoms with Crippen LogP contribution >= 0.6 is 23.4 Å². The molecule has 1 aromatic carbocycles. The van der Waals surface area contributed by atoms with Gasteiger partial charge in [-0.2, -0.15) is 0 Å². The number of fused-ring (bicyclic) bond motifs is 1. The van der Waals surface area contributed by atoms with Gasteiger partial charge in [-0.3, -0.25) is 14.2 Å². The van der Waals surface area contributed by atoms with Crippen LogP contribution in [0, 0.1) is 0 Å². The molecule has 0 saturated carbocycles. The highest BCUT2D eigenvalue weighted by Gasteiger charge is 2.25. The number of carbonyl (C=O) groups excluding carboxylic acids is 1. The van der Waals surface area contributed by atoms with Crippen molar-refractivity contribution in [3.63, 3.8) is 0 Å². The minimum atomic E-state index is -0.305. The number of carbonyl (C=O) groups is 1. The molecule has 1 fully saturated rings. The molecular formula is C19H22ClN3O2S. The zero-order valence-corrected chi connectivity index (χ0v) is 16.4. The molecule has 1 saturated heterocycles. The second-order valence-electron chi connectivity index (χ2n) is 6.41. The molecule has 1 amide bonds. The number of thioether (sulfide) groups is 1. The average Bonchev–Trinajstić information content (AvgIpc) is 2.65. The molecule has 0 N–H and O–H groups in total. The Morgan fingerprint density at radius 2 is 2.12 bits per heavy atom. The molecule has 26 heavy (non-hydrogen) atoms. The Balaban J connectivity index is 1.94. The normalized spacial score (nSPS) is 15.8. The zero-order valence-electron chi connectivity index (χ0n) is 14.8. The van der Waals surface area contributed by atoms with Gasteiger partial charge in [0.2, 0.25) is 5.91 Å². The molecule has 0 aliphatic carbocycles. The highest BCUT2D eigenvalue weighted by molar-refractivity contribution is 8.00. The molecule has 0 radical (unpaired) electrons. The molecule has 0 bridgehead atoms. The van der Waals surface area contributed by atoms with Crippen LogP contribution in [0.5, 0.6) is 0 Å². The molecule has 138 valence electrons. The number of amides is 1. The van der Waals surface area contributed by atoms with Crippen molar-refractivity contribution in [3.05, 3.63) is 46.2 Å². The fourth-order valence-electron chi connectivity index (χ4n) is 3.13. The summed E-state index contributed by atoms with van der Waals surface area (Å²) in [6.07, 6.45) is 4.94. The van der Waals surface area contributed by atoms with E-state index in [9.17, 15) is 9.59 Å². The van der Waals surface area contributed by atoms with Gasteiger partial charge in [0.15, 0.2) is 5.16 Å². The molecule has 1 aliphatic heterocycles. The number of likely N-dealkylation sites (tertiary alicyclic amines) is 1. The van der Waals surface area contributed by atoms with Crippen molar-refractivity contribution in [3.8, 4) is 0 Å². The maximum absolute atomic E-state index is 12.9. The number of hydrogen-bond acceptors (Lipinski definition) is 4. The van der Waals surface area contributed by atoms with Crippen LogP contribution in [0.15, 0.2) is 40.8 Å². The Hall–Kier alpha value is -1.79. The van der Waals surface area contributed by atoms with E-state index >= 15 is 0 Å². The average molecular weight is 392 g/mol. The van der Waals surface area contributed by atoms with E-state index in [1.54, 1.807) is 28.8 Å². The molecule has 2 heterocycles. The van der Waals surface area contributed by atoms with Gasteiger partial charge in [-0.1, -0.05) is 29.4 Å². The second kappa shape index (κ2) is 8.27. The van der Waals surface area contributed by atoms with Gasteiger partial charge in [-0.15, -0.1) is 6.58 Å². The predicted octanol–water partition coefficient (Wildman–Crippen LogP) is 3.73. The van der Waals surface area contributed by atoms with Crippen LogP contribution in [0.4, 0.5) is 0 Å². The molecule has 0 unspecified atom stereocenters. The van der Waals surface area contributed by atoms with E-state index < -0.39 is 0 Å². The number of rotatable bonds is 5. The van der Waals surface area contributed by atoms with Crippen LogP contribution in [0.2, 0.25) is 5.02 Å². The number of allylic oxidation sites excluding steroid dienone is 1. The van der Waals surface area contributed by atoms with E-state index in [-0.39, 0.29) is 16.7 Å². The second-order valence-corrected chi connectivity index (χ2v) is 8.15. The van der Waals surface area contributed by atoms with Gasteiger partial charge < -0.3 is 4.90 Å². The summed E-state index contributed by atoms with van der Waals surface area (Å²) in [7, 11) is 0. The van der Waals surface area contributed by atoms with Crippen molar-refractivity contribution >= 4 is 40.2 Å². The molecular weight excluding hydrogens is 370 g/mol. The van der Waals surface area contributed by atoms with Crippen molar-refractivity contribution in [1.29, 1.82) is 0 Å². The maximum atomic E-state index is 12.9. The van der Waals surface area contributed by atoms with Crippen molar-refractivity contribution in [2.75, 3.05) is 13.1 Å². The van der Waals surface area contributed by atoms with E-state index in [1.165, 1.54) is 18.2 Å². The Labute approximate surface area is 162 Å². The first-order chi connectivity index (χ1) is 12.5. The molecule has 5 nitrogen and oxygen atoms in total. The quantitative estimate of drug-likeness (QED) is 0.442. The summed E-state index contributed by atoms with van der Waals surface area (Å²) in [6, 6.07) is 5.08. The van der Waals surface area contributed by atoms with Crippen LogP contribution in [0.25, 0.3) is 10.9 Å². The van der Waals surface area contributed by atoms with Gasteiger partial charge in [0.05, 0.1) is 16.2 Å². The summed E-state index contributed by atoms with van der Waals surface area (Å²) in [5.41, 5.74) is 0.414. The van der Waals surface area contributed by atoms with E-state index in [0.717, 1.165) is 25.9 Å². The fraction of sp³-hybridized carbons (Fsp3) is 0.421. The Morgan fingerprint density at radius 1 is 1.38 bits per heavy atom. The third-order valence-corrected chi connectivity index (χ3v) is 5.80. The maximum Gasteiger partial charge on any atom is 0.262 e. The first-order valence-electron chi connectivity index (χ1n) is 8.77. The molecule has 1 atom stereocenters. The molecule has 7 heteroatoms. The Bertz CT molecular complexity index is 890. The minimum Gasteiger partial charge on any atom is -0.342 e. The van der Waals surface area contributed by atoms with E-state index in [1.807, 2.05) is 11.8 Å². The lowest BCUT2D eigenvalue weighted by Crippen LogP contribution is -2.40. The summed E-state index contributed by atoms with van der Waals surface area (Å²) in [5.74, 6) is 0.102. The van der Waals surface area contributed by atoms with Crippen LogP contribution in [0.3, 0.4) is 0 Å². The lowest BCUT2D eigenvalue weighted by atomic mass is 10.1. The van der Waals surface area contributed by atoms with Gasteiger partial charge in [0.1, 0.15) is 0 Å². The van der Waals surface area contributed by atoms with Crippen LogP contribution in [-0.2, 0) is 11.3 Å². The Morgan fingerprint density at radius 3 is 2.81 bits per heavy atom. The molecule has 2 aromatic rings. The monoisotopic (exact) mass is 391 g/mol. The van der Waals surface area contributed by atoms with Gasteiger partial charge >= 0.3 is 0 Å². The number of hydrogen-bond donors (Lipinski definition) is 0. The van der Waals surface area contributed by atoms with Gasteiger partial charge in [0.25, 0.3) is 5.56 Å². The van der Waals surface area contributed by atoms with Crippen LogP contribution in [-0.4, -0.2) is 38.7 Å². The van der Waals surface area contributed by atoms with Crippen LogP contribution < -0.4 is 5.56 Å². The standard InChI is InChI=1S/C19H22ClN3O2S/c1-3-9-23-18(25)15-12-14(20)7-8-16(15)21-19(23)26-13(2)17(24)22-10-5-4-6-11-22/h3,7-8,12-13H,1,4-6,9-11H2,2H3/t13-/m1/s1. The van der Waals surface area contributed by atoms with Crippen molar-refractivity contribution in [2.24, 2.45) is 0 Å². The highest BCUT2D eigenvalue weighted by Crippen LogP contribution is 2.25. The highest BCUT2D eigenvalue weighted by atomic mass is 35.5. The number of piperidine rings is 1. The first kappa shape index (κ1) is 19.0. The number of halogens is 1. The molecule has 0 spiro atoms. The van der Waals surface area contributed by atoms with Crippen molar-refractivity contribution < 1.29 is 4.79 Å². The fourth-order valence-corrected chi connectivity index (χ4v) is 4.31. The topological polar surface area (TPSA) is 55.2 Å². The smallest absolute Gasteiger partial charge is 0.262 e. The molecule has 1 aliphatic rings. The lowest BCUT2D eigenvalue weighted by molar-refractivity contribution is -0.131. The summed E-state index contributed by atoms with van der Waals surface area (Å²) in [6.45, 7) is 7.56. The summed E-state index contributed by atoms with van der Waals surface area (Å²) in [5, 5.41) is 1.19. The van der Waals surface area contributed by atoms with E-state index in [0.29, 0.717) is 27.6 Å². The van der Waals surface area contributed by atoms with E-state index in [2.05, 4.69) is 11.6 Å². The Kier molecular flexibility index (Phi) is 6.04. The summed E-state index contributed by atoms with van der Waals surface area (Å²) < 4.78 is 1.55. The first-order valence-corrected chi connectivity index (χ1v) is 10.0. The third kappa shape index (κ3) is 3.96. The predicted molar refractivity (Wildman–Crippen MR) is 107 cm³/mol. The van der Waals surface area contributed by atoms with Gasteiger partial charge in [-0.25, -0.2) is 4.98 Å². The minimum absolute atomic E-state index is 0.102. The number of benzene rings is 1. The van der Waals surface area contributed by atoms with Crippen LogP contribution in [0.1, 0.15) is 26.2 Å². The van der Waals surface area contributed by atoms with Gasteiger partial charge in [0, 0.05) is 24.7 Å². The summed E-state index contributed by atoms with van der Waals surface area (Å²) >= 11 is 7.35. The van der Waals surface area contributed by atoms with Gasteiger partial charge in [-0.05, 0) is 44.4 Å². The summed E-state index contributed by atoms with van der Waals surface area (Å²) in [4.78, 5) is 32.1. The zero-order chi connectivity index (χ0) is 18.7. The number of aromatic nitrogens is 2. The van der Waals surface area contributed by atoms with Crippen molar-refractivity contribution in [2.45, 2.75) is 43.1 Å². The lowest BCUT2D eigenvalue weighted by Gasteiger charge is -2.29. The largest absolute Gasteiger partial charge is 0.342 e.